The molecule has 0 saturated carbocycles. The molecule has 0 aromatic carbocycles. The molecule has 0 bridgehead atoms. The Hall–Kier alpha value is -1.94. The summed E-state index contributed by atoms with van der Waals surface area (Å²) in [5.41, 5.74) is 0. The van der Waals surface area contributed by atoms with E-state index in [0.29, 0.717) is 25.7 Å². The molecule has 3 unspecified atom stereocenters. The molecule has 0 fully saturated rings. The van der Waals surface area contributed by atoms with E-state index in [9.17, 15) is 43.2 Å². The van der Waals surface area contributed by atoms with Crippen molar-refractivity contribution in [3.8, 4) is 0 Å². The molecular formula is C76H148O17P2. The van der Waals surface area contributed by atoms with Gasteiger partial charge in [0.1, 0.15) is 19.3 Å². The average molecular weight is 1400 g/mol. The van der Waals surface area contributed by atoms with Crippen molar-refractivity contribution in [3.63, 3.8) is 0 Å². The highest BCUT2D eigenvalue weighted by atomic mass is 31.2. The molecule has 3 N–H and O–H groups in total. The van der Waals surface area contributed by atoms with Crippen molar-refractivity contribution in [3.05, 3.63) is 0 Å². The number of rotatable bonds is 75. The van der Waals surface area contributed by atoms with Crippen molar-refractivity contribution in [2.45, 2.75) is 413 Å². The topological polar surface area (TPSA) is 237 Å². The maximum absolute atomic E-state index is 13.1. The summed E-state index contributed by atoms with van der Waals surface area (Å²) in [5, 5.41) is 10.6. The van der Waals surface area contributed by atoms with E-state index in [1.165, 1.54) is 205 Å². The fourth-order valence-electron chi connectivity index (χ4n) is 11.6. The molecule has 0 aliphatic rings. The molecule has 0 spiro atoms. The standard InChI is InChI=1S/C76H148O17P2/c1-7-10-12-14-15-16-17-18-19-20-21-25-28-31-34-37-40-47-53-59-74(79)87-65-72(92-75(80)60-54-48-41-38-35-32-29-26-23-22-24-27-30-33-36-39-45-50-56-68(4)5)67-91-95(84,85)89-63-70(77)62-88-94(82,83)90-66-71(64-86-73(78)58-52-44-13-11-8-2)93-76(81)61-55-49-43-42-46-51-57-69(6)9-3/h68-72,77H,7-67H2,1-6H3,(H,82,83)(H,84,85)/t69?,70-,71+,72+/m0/s1. The summed E-state index contributed by atoms with van der Waals surface area (Å²) in [6.07, 6.45) is 56.2. The summed E-state index contributed by atoms with van der Waals surface area (Å²) in [5.74, 6) is -0.590. The average Bonchev–Trinajstić information content (AvgIpc) is 2.17. The van der Waals surface area contributed by atoms with Crippen LogP contribution in [0.15, 0.2) is 0 Å². The van der Waals surface area contributed by atoms with Gasteiger partial charge in [-0.05, 0) is 37.5 Å². The zero-order chi connectivity index (χ0) is 70.0. The summed E-state index contributed by atoms with van der Waals surface area (Å²) in [6, 6.07) is 0. The number of ether oxygens (including phenoxy) is 4. The number of unbranched alkanes of at least 4 members (excludes halogenated alkanes) is 44. The van der Waals surface area contributed by atoms with E-state index in [0.717, 1.165) is 108 Å². The third-order valence-electron chi connectivity index (χ3n) is 18.1. The normalized spacial score (nSPS) is 14.3. The lowest BCUT2D eigenvalue weighted by molar-refractivity contribution is -0.161. The molecule has 0 aromatic heterocycles. The van der Waals surface area contributed by atoms with Crippen LogP contribution in [-0.4, -0.2) is 96.7 Å². The molecular weight excluding hydrogens is 1250 g/mol. The van der Waals surface area contributed by atoms with E-state index in [-0.39, 0.29) is 25.7 Å². The number of carbonyl (C=O) groups is 4. The van der Waals surface area contributed by atoms with Crippen LogP contribution in [-0.2, 0) is 65.4 Å². The van der Waals surface area contributed by atoms with E-state index >= 15 is 0 Å². The number of hydrogen-bond acceptors (Lipinski definition) is 15. The van der Waals surface area contributed by atoms with Gasteiger partial charge in [0, 0.05) is 25.7 Å². The first-order valence-corrected chi connectivity index (χ1v) is 42.5. The van der Waals surface area contributed by atoms with Gasteiger partial charge in [-0.15, -0.1) is 0 Å². The van der Waals surface area contributed by atoms with Crippen molar-refractivity contribution in [2.75, 3.05) is 39.6 Å². The van der Waals surface area contributed by atoms with Gasteiger partial charge in [-0.1, -0.05) is 343 Å². The van der Waals surface area contributed by atoms with Gasteiger partial charge in [-0.25, -0.2) is 9.13 Å². The number of phosphoric acid groups is 2. The largest absolute Gasteiger partial charge is 0.472 e. The second-order valence-corrected chi connectivity index (χ2v) is 31.0. The first-order valence-electron chi connectivity index (χ1n) is 39.5. The van der Waals surface area contributed by atoms with Crippen LogP contribution >= 0.6 is 15.6 Å². The monoisotopic (exact) mass is 1400 g/mol. The first kappa shape index (κ1) is 93.1. The van der Waals surface area contributed by atoms with Gasteiger partial charge in [0.2, 0.25) is 0 Å². The summed E-state index contributed by atoms with van der Waals surface area (Å²) in [7, 11) is -9.90. The van der Waals surface area contributed by atoms with E-state index in [2.05, 4.69) is 41.5 Å². The molecule has 0 aromatic rings. The van der Waals surface area contributed by atoms with Gasteiger partial charge in [0.15, 0.2) is 12.2 Å². The van der Waals surface area contributed by atoms with E-state index in [4.69, 9.17) is 37.0 Å². The van der Waals surface area contributed by atoms with E-state index < -0.39 is 97.5 Å². The molecule has 0 aliphatic heterocycles. The van der Waals surface area contributed by atoms with Crippen molar-refractivity contribution >= 4 is 39.5 Å². The number of phosphoric ester groups is 2. The molecule has 0 radical (unpaired) electrons. The van der Waals surface area contributed by atoms with Crippen LogP contribution in [0.1, 0.15) is 395 Å². The van der Waals surface area contributed by atoms with Crippen LogP contribution < -0.4 is 0 Å². The van der Waals surface area contributed by atoms with Crippen LogP contribution in [0.5, 0.6) is 0 Å². The summed E-state index contributed by atoms with van der Waals surface area (Å²) in [6.45, 7) is 9.48. The van der Waals surface area contributed by atoms with Crippen LogP contribution in [0, 0.1) is 11.8 Å². The van der Waals surface area contributed by atoms with Gasteiger partial charge in [-0.3, -0.25) is 37.3 Å². The third-order valence-corrected chi connectivity index (χ3v) is 20.0. The molecule has 564 valence electrons. The van der Waals surface area contributed by atoms with Crippen molar-refractivity contribution in [2.24, 2.45) is 11.8 Å². The molecule has 0 aliphatic carbocycles. The highest BCUT2D eigenvalue weighted by molar-refractivity contribution is 7.47. The Morgan fingerprint density at radius 2 is 0.537 bits per heavy atom. The minimum Gasteiger partial charge on any atom is -0.462 e. The van der Waals surface area contributed by atoms with Gasteiger partial charge in [-0.2, -0.15) is 0 Å². The maximum Gasteiger partial charge on any atom is 0.472 e. The molecule has 0 amide bonds. The summed E-state index contributed by atoms with van der Waals surface area (Å²) >= 11 is 0. The Labute approximate surface area is 581 Å². The SMILES string of the molecule is CCCCCCCCCCCCCCCCCCCCCC(=O)OC[C@H](COP(=O)(O)OC[C@@H](O)COP(=O)(O)OC[C@@H](COC(=O)CCCCCCC)OC(=O)CCCCCCCCC(C)CC)OC(=O)CCCCCCCCCCCCCCCCCCCCC(C)C. The number of aliphatic hydroxyl groups is 1. The maximum atomic E-state index is 13.1. The molecule has 0 heterocycles. The number of hydrogen-bond donors (Lipinski definition) is 3. The van der Waals surface area contributed by atoms with Gasteiger partial charge >= 0.3 is 39.5 Å². The number of esters is 4. The fraction of sp³-hybridized carbons (Fsp3) is 0.947. The third kappa shape index (κ3) is 69.0. The molecule has 17 nitrogen and oxygen atoms in total. The molecule has 6 atom stereocenters. The van der Waals surface area contributed by atoms with Crippen LogP contribution in [0.3, 0.4) is 0 Å². The predicted molar refractivity (Wildman–Crippen MR) is 386 cm³/mol. The highest BCUT2D eigenvalue weighted by Crippen LogP contribution is 2.45. The lowest BCUT2D eigenvalue weighted by Crippen LogP contribution is -2.30. The Bertz CT molecular complexity index is 1840. The van der Waals surface area contributed by atoms with Crippen molar-refractivity contribution in [1.82, 2.24) is 0 Å². The Morgan fingerprint density at radius 3 is 0.800 bits per heavy atom. The molecule has 0 rings (SSSR count). The predicted octanol–water partition coefficient (Wildman–Crippen LogP) is 22.3. The Balaban J connectivity index is 5.11. The number of aliphatic hydroxyl groups excluding tert-OH is 1. The minimum atomic E-state index is -4.96. The zero-order valence-electron chi connectivity index (χ0n) is 62.0. The van der Waals surface area contributed by atoms with Gasteiger partial charge in [0.25, 0.3) is 0 Å². The lowest BCUT2D eigenvalue weighted by Gasteiger charge is -2.21. The van der Waals surface area contributed by atoms with E-state index in [1.807, 2.05) is 0 Å². The zero-order valence-corrected chi connectivity index (χ0v) is 63.8. The molecule has 95 heavy (non-hydrogen) atoms. The van der Waals surface area contributed by atoms with Gasteiger partial charge in [0.05, 0.1) is 26.4 Å². The first-order chi connectivity index (χ1) is 45.9. The van der Waals surface area contributed by atoms with Crippen LogP contribution in [0.4, 0.5) is 0 Å². The van der Waals surface area contributed by atoms with Crippen molar-refractivity contribution < 1.29 is 80.2 Å². The second-order valence-electron chi connectivity index (χ2n) is 28.1. The number of carbonyl (C=O) groups excluding carboxylic acids is 4. The fourth-order valence-corrected chi connectivity index (χ4v) is 13.2. The minimum absolute atomic E-state index is 0.102. The molecule has 19 heteroatoms. The summed E-state index contributed by atoms with van der Waals surface area (Å²) in [4.78, 5) is 72.4. The second kappa shape index (κ2) is 67.9. The Kier molecular flexibility index (Phi) is 66.5. The Morgan fingerprint density at radius 1 is 0.305 bits per heavy atom. The lowest BCUT2D eigenvalue weighted by atomic mass is 10.00. The molecule has 0 saturated heterocycles. The van der Waals surface area contributed by atoms with Gasteiger partial charge < -0.3 is 33.8 Å². The van der Waals surface area contributed by atoms with Crippen LogP contribution in [0.25, 0.3) is 0 Å². The summed E-state index contributed by atoms with van der Waals surface area (Å²) < 4.78 is 68.2. The van der Waals surface area contributed by atoms with Crippen molar-refractivity contribution in [1.29, 1.82) is 0 Å². The smallest absolute Gasteiger partial charge is 0.462 e. The van der Waals surface area contributed by atoms with E-state index in [1.54, 1.807) is 0 Å². The quantitative estimate of drug-likeness (QED) is 0.0222. The highest BCUT2D eigenvalue weighted by Gasteiger charge is 2.30. The van der Waals surface area contributed by atoms with Crippen LogP contribution in [0.2, 0.25) is 0 Å².